The van der Waals surface area contributed by atoms with Crippen molar-refractivity contribution in [3.8, 4) is 5.75 Å². The van der Waals surface area contributed by atoms with E-state index in [0.717, 1.165) is 31.2 Å². The minimum absolute atomic E-state index is 0.126. The smallest absolute Gasteiger partial charge is 0.262 e. The lowest BCUT2D eigenvalue weighted by Crippen LogP contribution is -2.30. The third-order valence-electron chi connectivity index (χ3n) is 4.79. The molecule has 30 heavy (non-hydrogen) atoms. The van der Waals surface area contributed by atoms with Crippen molar-refractivity contribution in [1.82, 2.24) is 4.72 Å². The lowest BCUT2D eigenvalue weighted by Gasteiger charge is -2.12. The van der Waals surface area contributed by atoms with Crippen molar-refractivity contribution in [2.24, 2.45) is 4.99 Å². The number of amidine groups is 1. The van der Waals surface area contributed by atoms with Crippen LogP contribution < -0.4 is 14.8 Å². The highest BCUT2D eigenvalue weighted by Gasteiger charge is 2.17. The number of carbonyl (C=O) groups is 1. The summed E-state index contributed by atoms with van der Waals surface area (Å²) in [6, 6.07) is 13.6. The predicted molar refractivity (Wildman–Crippen MR) is 117 cm³/mol. The van der Waals surface area contributed by atoms with Crippen LogP contribution in [-0.2, 0) is 21.2 Å². The number of hydrogen-bond donors (Lipinski definition) is 2. The van der Waals surface area contributed by atoms with Gasteiger partial charge in [-0.05, 0) is 55.2 Å². The number of sulfonamides is 1. The van der Waals surface area contributed by atoms with Gasteiger partial charge in [-0.15, -0.1) is 0 Å². The minimum atomic E-state index is -3.69. The van der Waals surface area contributed by atoms with Crippen LogP contribution in [0.25, 0.3) is 0 Å². The Hall–Kier alpha value is -2.87. The van der Waals surface area contributed by atoms with Crippen molar-refractivity contribution in [3.63, 3.8) is 0 Å². The molecule has 2 aromatic carbocycles. The molecule has 0 bridgehead atoms. The van der Waals surface area contributed by atoms with Crippen molar-refractivity contribution in [2.45, 2.75) is 43.9 Å². The molecule has 0 saturated carbocycles. The number of amides is 1. The van der Waals surface area contributed by atoms with Gasteiger partial charge in [0, 0.05) is 18.7 Å². The van der Waals surface area contributed by atoms with Gasteiger partial charge in [0.1, 0.15) is 11.6 Å². The highest BCUT2D eigenvalue weighted by atomic mass is 32.2. The monoisotopic (exact) mass is 429 g/mol. The Morgan fingerprint density at radius 3 is 2.60 bits per heavy atom. The second-order valence-electron chi connectivity index (χ2n) is 7.07. The summed E-state index contributed by atoms with van der Waals surface area (Å²) in [6.45, 7) is 2.54. The summed E-state index contributed by atoms with van der Waals surface area (Å²) in [5.41, 5.74) is 1.53. The molecule has 0 saturated heterocycles. The quantitative estimate of drug-likeness (QED) is 0.704. The number of carbonyl (C=O) groups excluding carboxylic acids is 1. The summed E-state index contributed by atoms with van der Waals surface area (Å²) in [5, 5.41) is 2.72. The van der Waals surface area contributed by atoms with E-state index in [1.807, 2.05) is 31.2 Å². The van der Waals surface area contributed by atoms with Crippen molar-refractivity contribution < 1.29 is 17.9 Å². The second kappa shape index (κ2) is 10.2. The zero-order valence-electron chi connectivity index (χ0n) is 17.1. The van der Waals surface area contributed by atoms with E-state index in [9.17, 15) is 13.2 Å². The van der Waals surface area contributed by atoms with Crippen LogP contribution in [0, 0.1) is 0 Å². The number of aryl methyl sites for hydroxylation is 1. The van der Waals surface area contributed by atoms with Gasteiger partial charge in [-0.1, -0.05) is 31.5 Å². The first-order chi connectivity index (χ1) is 14.5. The first kappa shape index (κ1) is 21.8. The summed E-state index contributed by atoms with van der Waals surface area (Å²) in [6.07, 6.45) is 4.41. The van der Waals surface area contributed by atoms with E-state index >= 15 is 0 Å². The molecular weight excluding hydrogens is 402 g/mol. The number of nitrogens with one attached hydrogen (secondary N) is 2. The molecule has 2 N–H and O–H groups in total. The van der Waals surface area contributed by atoms with E-state index in [1.54, 1.807) is 12.1 Å². The molecule has 2 aromatic rings. The Balaban J connectivity index is 1.57. The summed E-state index contributed by atoms with van der Waals surface area (Å²) in [5.74, 6) is 0.876. The largest absolute Gasteiger partial charge is 0.483 e. The molecule has 1 heterocycles. The van der Waals surface area contributed by atoms with Crippen LogP contribution in [0.15, 0.2) is 58.4 Å². The maximum absolute atomic E-state index is 12.6. The Labute approximate surface area is 177 Å². The van der Waals surface area contributed by atoms with Crippen LogP contribution in [0.5, 0.6) is 5.75 Å². The first-order valence-corrected chi connectivity index (χ1v) is 11.6. The molecule has 0 aromatic heterocycles. The third-order valence-corrected chi connectivity index (χ3v) is 6.18. The average molecular weight is 430 g/mol. The fourth-order valence-corrected chi connectivity index (χ4v) is 4.25. The Morgan fingerprint density at radius 1 is 1.07 bits per heavy atom. The number of anilines is 1. The maximum atomic E-state index is 12.6. The van der Waals surface area contributed by atoms with Crippen LogP contribution in [0.1, 0.15) is 38.2 Å². The molecule has 0 aliphatic carbocycles. The van der Waals surface area contributed by atoms with E-state index in [0.29, 0.717) is 30.2 Å². The molecule has 1 amide bonds. The van der Waals surface area contributed by atoms with Crippen molar-refractivity contribution in [1.29, 1.82) is 0 Å². The van der Waals surface area contributed by atoms with Gasteiger partial charge in [-0.25, -0.2) is 8.42 Å². The molecule has 3 rings (SSSR count). The average Bonchev–Trinajstić information content (AvgIpc) is 3.01. The Kier molecular flexibility index (Phi) is 7.46. The van der Waals surface area contributed by atoms with Crippen LogP contribution in [0.4, 0.5) is 5.69 Å². The van der Waals surface area contributed by atoms with Crippen LogP contribution in [0.3, 0.4) is 0 Å². The topological polar surface area (TPSA) is 96.9 Å². The van der Waals surface area contributed by atoms with E-state index < -0.39 is 10.0 Å². The van der Waals surface area contributed by atoms with E-state index in [4.69, 9.17) is 4.74 Å². The highest BCUT2D eigenvalue weighted by Crippen LogP contribution is 2.19. The minimum Gasteiger partial charge on any atom is -0.483 e. The van der Waals surface area contributed by atoms with Gasteiger partial charge in [0.2, 0.25) is 0 Å². The molecule has 7 nitrogen and oxygen atoms in total. The van der Waals surface area contributed by atoms with Gasteiger partial charge in [0.15, 0.2) is 6.61 Å². The van der Waals surface area contributed by atoms with Gasteiger partial charge in [-0.2, -0.15) is 0 Å². The molecule has 0 spiro atoms. The zero-order chi connectivity index (χ0) is 21.4. The summed E-state index contributed by atoms with van der Waals surface area (Å²) in [7, 11) is -3.69. The Morgan fingerprint density at radius 2 is 1.83 bits per heavy atom. The molecule has 1 aliphatic heterocycles. The lowest BCUT2D eigenvalue weighted by atomic mass is 10.1. The van der Waals surface area contributed by atoms with Crippen LogP contribution in [0.2, 0.25) is 0 Å². The van der Waals surface area contributed by atoms with Gasteiger partial charge >= 0.3 is 0 Å². The van der Waals surface area contributed by atoms with Gasteiger partial charge < -0.3 is 10.1 Å². The Bertz CT molecular complexity index is 1000. The summed E-state index contributed by atoms with van der Waals surface area (Å²) < 4.78 is 33.3. The number of hydrogen-bond acceptors (Lipinski definition) is 5. The number of aliphatic imine (C=N–C) groups is 1. The maximum Gasteiger partial charge on any atom is 0.262 e. The zero-order valence-corrected chi connectivity index (χ0v) is 17.9. The fraction of sp³-hybridized carbons (Fsp3) is 0.364. The summed E-state index contributed by atoms with van der Waals surface area (Å²) in [4.78, 5) is 16.6. The molecule has 8 heteroatoms. The van der Waals surface area contributed by atoms with E-state index in [1.165, 1.54) is 12.1 Å². The van der Waals surface area contributed by atoms with Gasteiger partial charge in [-0.3, -0.25) is 14.5 Å². The molecule has 0 atom stereocenters. The first-order valence-electron chi connectivity index (χ1n) is 10.1. The number of ether oxygens (including phenoxy) is 1. The molecular formula is C22H27N3O4S. The SMILES string of the molecule is CCc1ccccc1OCC(=O)Nc1ccc(S(=O)(=O)NC2=NCCCCC2)cc1. The number of para-hydroxylation sites is 1. The third kappa shape index (κ3) is 6.06. The van der Waals surface area contributed by atoms with Crippen molar-refractivity contribution >= 4 is 27.5 Å². The second-order valence-corrected chi connectivity index (χ2v) is 8.75. The highest BCUT2D eigenvalue weighted by molar-refractivity contribution is 7.90. The predicted octanol–water partition coefficient (Wildman–Crippen LogP) is 3.52. The van der Waals surface area contributed by atoms with E-state index in [2.05, 4.69) is 15.0 Å². The molecule has 160 valence electrons. The summed E-state index contributed by atoms with van der Waals surface area (Å²) >= 11 is 0. The fourth-order valence-electron chi connectivity index (χ4n) is 3.17. The van der Waals surface area contributed by atoms with Crippen LogP contribution in [-0.4, -0.2) is 33.3 Å². The van der Waals surface area contributed by atoms with Crippen LogP contribution >= 0.6 is 0 Å². The molecule has 0 radical (unpaired) electrons. The van der Waals surface area contributed by atoms with E-state index in [-0.39, 0.29) is 17.4 Å². The standard InChI is InChI=1S/C22H27N3O4S/c1-2-17-8-5-6-9-20(17)29-16-22(26)24-18-11-13-19(14-12-18)30(27,28)25-21-10-4-3-7-15-23-21/h5-6,8-9,11-14H,2-4,7,10,15-16H2,1H3,(H,23,25)(H,24,26). The number of nitrogens with zero attached hydrogens (tertiary/aromatic N) is 1. The molecule has 0 fully saturated rings. The van der Waals surface area contributed by atoms with Crippen molar-refractivity contribution in [3.05, 3.63) is 54.1 Å². The lowest BCUT2D eigenvalue weighted by molar-refractivity contribution is -0.118. The normalized spacial score (nSPS) is 14.4. The molecule has 1 aliphatic rings. The van der Waals surface area contributed by atoms with Gasteiger partial charge in [0.25, 0.3) is 15.9 Å². The number of benzene rings is 2. The van der Waals surface area contributed by atoms with Gasteiger partial charge in [0.05, 0.1) is 4.90 Å². The molecule has 0 unspecified atom stereocenters. The van der Waals surface area contributed by atoms with Crippen molar-refractivity contribution in [2.75, 3.05) is 18.5 Å². The number of rotatable bonds is 7.